The summed E-state index contributed by atoms with van der Waals surface area (Å²) < 4.78 is 6.74. The van der Waals surface area contributed by atoms with Gasteiger partial charge in [-0.2, -0.15) is 0 Å². The molecule has 3 heteroatoms. The third-order valence-electron chi connectivity index (χ3n) is 2.69. The molecule has 0 atom stereocenters. The molecular weight excluding hydrogens is 332 g/mol. The Kier molecular flexibility index (Phi) is 6.22. The van der Waals surface area contributed by atoms with Gasteiger partial charge in [-0.25, -0.2) is 0 Å². The van der Waals surface area contributed by atoms with Gasteiger partial charge in [-0.1, -0.05) is 45.8 Å². The summed E-state index contributed by atoms with van der Waals surface area (Å²) in [6, 6.07) is 16.5. The summed E-state index contributed by atoms with van der Waals surface area (Å²) in [5, 5.41) is 0. The largest absolute Gasteiger partial charge is 0.490 e. The van der Waals surface area contributed by atoms with Crippen LogP contribution in [0.25, 0.3) is 0 Å². The predicted molar refractivity (Wildman–Crippen MR) is 90.7 cm³/mol. The first-order valence-electron chi connectivity index (χ1n) is 6.47. The number of aryl methyl sites for hydroxylation is 1. The Labute approximate surface area is 133 Å². The second-order valence-electron chi connectivity index (χ2n) is 4.36. The monoisotopic (exact) mass is 348 g/mol. The molecule has 1 nitrogen and oxygen atoms in total. The lowest BCUT2D eigenvalue weighted by Crippen LogP contribution is -1.93. The lowest BCUT2D eigenvalue weighted by molar-refractivity contribution is 0.362. The molecule has 0 heterocycles. The number of benzene rings is 2. The topological polar surface area (TPSA) is 9.23 Å². The van der Waals surface area contributed by atoms with Crippen molar-refractivity contribution in [2.24, 2.45) is 0 Å². The molecule has 0 bridgehead atoms. The van der Waals surface area contributed by atoms with Gasteiger partial charge in [0.2, 0.25) is 0 Å². The van der Waals surface area contributed by atoms with Gasteiger partial charge < -0.3 is 4.74 Å². The standard InChI is InChI=1S/C17H17BrOS/c1-14-4-8-16(9-5-14)19-12-2-3-13-20-17-10-6-15(18)7-11-17/h2-11H,12-13H2,1H3. The highest BCUT2D eigenvalue weighted by atomic mass is 79.9. The van der Waals surface area contributed by atoms with Crippen molar-refractivity contribution in [2.45, 2.75) is 11.8 Å². The molecule has 0 aliphatic rings. The summed E-state index contributed by atoms with van der Waals surface area (Å²) in [5.41, 5.74) is 1.25. The van der Waals surface area contributed by atoms with E-state index in [1.807, 2.05) is 23.9 Å². The Morgan fingerprint density at radius 3 is 2.40 bits per heavy atom. The first-order chi connectivity index (χ1) is 9.74. The molecule has 0 fully saturated rings. The second-order valence-corrected chi connectivity index (χ2v) is 6.37. The molecule has 0 spiro atoms. The summed E-state index contributed by atoms with van der Waals surface area (Å²) in [5.74, 6) is 1.87. The lowest BCUT2D eigenvalue weighted by Gasteiger charge is -2.03. The molecule has 0 aliphatic heterocycles. The Morgan fingerprint density at radius 2 is 1.70 bits per heavy atom. The average molecular weight is 349 g/mol. The van der Waals surface area contributed by atoms with Crippen molar-refractivity contribution in [3.8, 4) is 5.75 Å². The van der Waals surface area contributed by atoms with Gasteiger partial charge in [0, 0.05) is 15.1 Å². The molecule has 104 valence electrons. The van der Waals surface area contributed by atoms with Crippen LogP contribution in [0.5, 0.6) is 5.75 Å². The molecule has 0 aromatic heterocycles. The molecule has 0 amide bonds. The Morgan fingerprint density at radius 1 is 1.00 bits per heavy atom. The van der Waals surface area contributed by atoms with Crippen LogP contribution in [0.2, 0.25) is 0 Å². The molecule has 2 aromatic carbocycles. The molecule has 2 aromatic rings. The van der Waals surface area contributed by atoms with E-state index in [1.54, 1.807) is 0 Å². The normalized spacial score (nSPS) is 10.9. The van der Waals surface area contributed by atoms with E-state index >= 15 is 0 Å². The maximum absolute atomic E-state index is 5.63. The molecule has 2 rings (SSSR count). The minimum Gasteiger partial charge on any atom is -0.490 e. The zero-order valence-corrected chi connectivity index (χ0v) is 13.8. The van der Waals surface area contributed by atoms with Gasteiger partial charge in [0.15, 0.2) is 0 Å². The second kappa shape index (κ2) is 8.18. The minimum atomic E-state index is 0.615. The first kappa shape index (κ1) is 15.2. The first-order valence-corrected chi connectivity index (χ1v) is 8.25. The van der Waals surface area contributed by atoms with Gasteiger partial charge in [0.1, 0.15) is 12.4 Å². The van der Waals surface area contributed by atoms with Crippen molar-refractivity contribution in [3.05, 3.63) is 70.7 Å². The van der Waals surface area contributed by atoms with Crippen LogP contribution in [0, 0.1) is 6.92 Å². The fourth-order valence-corrected chi connectivity index (χ4v) is 2.61. The summed E-state index contributed by atoms with van der Waals surface area (Å²) in [6.07, 6.45) is 4.20. The molecule has 0 radical (unpaired) electrons. The number of thioether (sulfide) groups is 1. The van der Waals surface area contributed by atoms with E-state index in [-0.39, 0.29) is 0 Å². The fourth-order valence-electron chi connectivity index (χ4n) is 1.59. The van der Waals surface area contributed by atoms with E-state index in [1.165, 1.54) is 10.5 Å². The van der Waals surface area contributed by atoms with E-state index in [0.29, 0.717) is 6.61 Å². The molecule has 0 saturated carbocycles. The van der Waals surface area contributed by atoms with Gasteiger partial charge in [0.05, 0.1) is 0 Å². The quantitative estimate of drug-likeness (QED) is 0.504. The van der Waals surface area contributed by atoms with Crippen molar-refractivity contribution in [3.63, 3.8) is 0 Å². The summed E-state index contributed by atoms with van der Waals surface area (Å²) in [7, 11) is 0. The number of rotatable bonds is 6. The number of halogens is 1. The number of hydrogen-bond acceptors (Lipinski definition) is 2. The van der Waals surface area contributed by atoms with Crippen LogP contribution >= 0.6 is 27.7 Å². The van der Waals surface area contributed by atoms with Gasteiger partial charge in [-0.05, 0) is 43.3 Å². The molecule has 0 unspecified atom stereocenters. The van der Waals surface area contributed by atoms with Crippen LogP contribution in [-0.4, -0.2) is 12.4 Å². The van der Waals surface area contributed by atoms with E-state index in [2.05, 4.69) is 71.4 Å². The van der Waals surface area contributed by atoms with Crippen molar-refractivity contribution in [1.29, 1.82) is 0 Å². The Bertz CT molecular complexity index is 495. The predicted octanol–water partition coefficient (Wildman–Crippen LogP) is 5.48. The van der Waals surface area contributed by atoms with Crippen LogP contribution in [-0.2, 0) is 0 Å². The lowest BCUT2D eigenvalue weighted by atomic mass is 10.2. The van der Waals surface area contributed by atoms with Crippen molar-refractivity contribution in [1.82, 2.24) is 0 Å². The smallest absolute Gasteiger partial charge is 0.119 e. The average Bonchev–Trinajstić information content (AvgIpc) is 2.46. The summed E-state index contributed by atoms with van der Waals surface area (Å²) >= 11 is 5.25. The highest BCUT2D eigenvalue weighted by molar-refractivity contribution is 9.10. The molecule has 20 heavy (non-hydrogen) atoms. The highest BCUT2D eigenvalue weighted by Gasteiger charge is 1.92. The Balaban J connectivity index is 1.67. The van der Waals surface area contributed by atoms with Crippen molar-refractivity contribution in [2.75, 3.05) is 12.4 Å². The maximum atomic E-state index is 5.63. The zero-order valence-electron chi connectivity index (χ0n) is 11.4. The van der Waals surface area contributed by atoms with E-state index in [9.17, 15) is 0 Å². The van der Waals surface area contributed by atoms with E-state index in [0.717, 1.165) is 16.0 Å². The van der Waals surface area contributed by atoms with Crippen LogP contribution < -0.4 is 4.74 Å². The van der Waals surface area contributed by atoms with Gasteiger partial charge >= 0.3 is 0 Å². The van der Waals surface area contributed by atoms with Gasteiger partial charge in [-0.3, -0.25) is 0 Å². The number of hydrogen-bond donors (Lipinski definition) is 0. The van der Waals surface area contributed by atoms with Crippen LogP contribution in [0.4, 0.5) is 0 Å². The SMILES string of the molecule is Cc1ccc(OCC=CCSc2ccc(Br)cc2)cc1. The summed E-state index contributed by atoms with van der Waals surface area (Å²) in [4.78, 5) is 1.28. The van der Waals surface area contributed by atoms with Crippen LogP contribution in [0.15, 0.2) is 70.1 Å². The van der Waals surface area contributed by atoms with Crippen LogP contribution in [0.1, 0.15) is 5.56 Å². The van der Waals surface area contributed by atoms with E-state index < -0.39 is 0 Å². The third-order valence-corrected chi connectivity index (χ3v) is 4.19. The molecule has 0 N–H and O–H groups in total. The maximum Gasteiger partial charge on any atom is 0.119 e. The van der Waals surface area contributed by atoms with Gasteiger partial charge in [-0.15, -0.1) is 11.8 Å². The molecule has 0 saturated heterocycles. The molecule has 0 aliphatic carbocycles. The minimum absolute atomic E-state index is 0.615. The van der Waals surface area contributed by atoms with E-state index in [4.69, 9.17) is 4.74 Å². The third kappa shape index (κ3) is 5.43. The number of ether oxygens (including phenoxy) is 1. The molecular formula is C17H17BrOS. The zero-order chi connectivity index (χ0) is 14.2. The highest BCUT2D eigenvalue weighted by Crippen LogP contribution is 2.20. The van der Waals surface area contributed by atoms with Crippen LogP contribution in [0.3, 0.4) is 0 Å². The fraction of sp³-hybridized carbons (Fsp3) is 0.176. The Hall–Kier alpha value is -1.19. The van der Waals surface area contributed by atoms with Crippen molar-refractivity contribution >= 4 is 27.7 Å². The van der Waals surface area contributed by atoms with Crippen molar-refractivity contribution < 1.29 is 4.74 Å². The summed E-state index contributed by atoms with van der Waals surface area (Å²) in [6.45, 7) is 2.69. The van der Waals surface area contributed by atoms with Gasteiger partial charge in [0.25, 0.3) is 0 Å².